The lowest BCUT2D eigenvalue weighted by atomic mass is 10.1. The van der Waals surface area contributed by atoms with Crippen molar-refractivity contribution in [2.75, 3.05) is 6.61 Å². The van der Waals surface area contributed by atoms with Crippen LogP contribution in [0, 0.1) is 10.1 Å². The van der Waals surface area contributed by atoms with Gasteiger partial charge in [0, 0.05) is 18.7 Å². The predicted molar refractivity (Wildman–Crippen MR) is 72.9 cm³/mol. The lowest BCUT2D eigenvalue weighted by Gasteiger charge is -2.12. The lowest BCUT2D eigenvalue weighted by Crippen LogP contribution is -2.11. The third-order valence-corrected chi connectivity index (χ3v) is 3.43. The van der Waals surface area contributed by atoms with Gasteiger partial charge >= 0.3 is 5.97 Å². The molecule has 3 rings (SSSR count). The molecule has 1 aromatic carbocycles. The summed E-state index contributed by atoms with van der Waals surface area (Å²) in [5.41, 5.74) is 0.381. The van der Waals surface area contributed by atoms with E-state index >= 15 is 0 Å². The maximum atomic E-state index is 11.3. The normalized spacial score (nSPS) is 17.5. The van der Waals surface area contributed by atoms with Crippen LogP contribution in [0.15, 0.2) is 24.3 Å². The molecular formula is C13H12N4O5. The van der Waals surface area contributed by atoms with E-state index in [9.17, 15) is 20.0 Å². The van der Waals surface area contributed by atoms with E-state index in [1.54, 1.807) is 6.07 Å². The van der Waals surface area contributed by atoms with Crippen LogP contribution in [-0.4, -0.2) is 37.6 Å². The van der Waals surface area contributed by atoms with Gasteiger partial charge in [-0.25, -0.2) is 9.48 Å². The Morgan fingerprint density at radius 1 is 1.50 bits per heavy atom. The molecule has 0 saturated carbocycles. The van der Waals surface area contributed by atoms with E-state index in [0.29, 0.717) is 24.4 Å². The quantitative estimate of drug-likeness (QED) is 0.674. The molecule has 2 aromatic rings. The van der Waals surface area contributed by atoms with E-state index in [2.05, 4.69) is 10.3 Å². The number of carbonyl (C=O) groups is 1. The van der Waals surface area contributed by atoms with E-state index < -0.39 is 17.0 Å². The summed E-state index contributed by atoms with van der Waals surface area (Å²) in [6.07, 6.45) is 1.03. The first-order valence-electron chi connectivity index (χ1n) is 6.63. The minimum Gasteiger partial charge on any atom is -0.476 e. The highest BCUT2D eigenvalue weighted by Gasteiger charge is 2.30. The van der Waals surface area contributed by atoms with Gasteiger partial charge in [0.15, 0.2) is 5.69 Å². The van der Waals surface area contributed by atoms with Crippen LogP contribution in [0.5, 0.6) is 0 Å². The fourth-order valence-electron chi connectivity index (χ4n) is 2.45. The summed E-state index contributed by atoms with van der Waals surface area (Å²) < 4.78 is 6.83. The highest BCUT2D eigenvalue weighted by Crippen LogP contribution is 2.32. The van der Waals surface area contributed by atoms with Crippen LogP contribution < -0.4 is 0 Å². The van der Waals surface area contributed by atoms with E-state index in [4.69, 9.17) is 4.74 Å². The first-order chi connectivity index (χ1) is 10.6. The number of aromatic carboxylic acids is 1. The van der Waals surface area contributed by atoms with Crippen molar-refractivity contribution in [3.8, 4) is 5.69 Å². The van der Waals surface area contributed by atoms with Gasteiger partial charge in [0.05, 0.1) is 10.6 Å². The van der Waals surface area contributed by atoms with Crippen LogP contribution in [0.2, 0.25) is 0 Å². The number of hydrogen-bond acceptors (Lipinski definition) is 6. The fraction of sp³-hybridized carbons (Fsp3) is 0.308. The number of nitrogens with zero attached hydrogens (tertiary/aromatic N) is 4. The molecule has 0 amide bonds. The molecule has 114 valence electrons. The molecule has 2 heterocycles. The molecule has 1 atom stereocenters. The molecule has 1 aromatic heterocycles. The maximum Gasteiger partial charge on any atom is 0.358 e. The zero-order chi connectivity index (χ0) is 15.7. The summed E-state index contributed by atoms with van der Waals surface area (Å²) in [5, 5.41) is 27.6. The van der Waals surface area contributed by atoms with Gasteiger partial charge in [-0.2, -0.15) is 0 Å². The van der Waals surface area contributed by atoms with Gasteiger partial charge < -0.3 is 9.84 Å². The topological polar surface area (TPSA) is 120 Å². The minimum absolute atomic E-state index is 0.108. The maximum absolute atomic E-state index is 11.3. The van der Waals surface area contributed by atoms with E-state index in [1.165, 1.54) is 22.9 Å². The van der Waals surface area contributed by atoms with Gasteiger partial charge in [-0.05, 0) is 18.9 Å². The smallest absolute Gasteiger partial charge is 0.358 e. The van der Waals surface area contributed by atoms with Crippen molar-refractivity contribution in [1.29, 1.82) is 0 Å². The average Bonchev–Trinajstić information content (AvgIpc) is 3.16. The average molecular weight is 304 g/mol. The third kappa shape index (κ3) is 2.42. The molecule has 0 radical (unpaired) electrons. The van der Waals surface area contributed by atoms with Gasteiger partial charge in [-0.15, -0.1) is 5.10 Å². The van der Waals surface area contributed by atoms with Crippen LogP contribution in [-0.2, 0) is 4.74 Å². The standard InChI is InChI=1S/C13H12N4O5/c18-13(19)11-12(10-5-2-6-22-10)16(15-14-11)8-3-1-4-9(7-8)17(20)21/h1,3-4,7,10H,2,5-6H2,(H,18,19). The largest absolute Gasteiger partial charge is 0.476 e. The highest BCUT2D eigenvalue weighted by atomic mass is 16.6. The Labute approximate surface area is 124 Å². The van der Waals surface area contributed by atoms with Crippen LogP contribution in [0.25, 0.3) is 5.69 Å². The van der Waals surface area contributed by atoms with Gasteiger partial charge in [0.1, 0.15) is 11.8 Å². The minimum atomic E-state index is -1.21. The predicted octanol–water partition coefficient (Wildman–Crippen LogP) is 1.73. The number of carboxylic acid groups (broad SMARTS) is 1. The molecule has 9 nitrogen and oxygen atoms in total. The SMILES string of the molecule is O=C(O)c1nnn(-c2cccc([N+](=O)[O-])c2)c1C1CCCO1. The third-order valence-electron chi connectivity index (χ3n) is 3.43. The Morgan fingerprint density at radius 3 is 2.95 bits per heavy atom. The van der Waals surface area contributed by atoms with Crippen molar-refractivity contribution >= 4 is 11.7 Å². The van der Waals surface area contributed by atoms with Gasteiger partial charge in [-0.1, -0.05) is 11.3 Å². The molecule has 22 heavy (non-hydrogen) atoms. The molecule has 1 aliphatic rings. The number of ether oxygens (including phenoxy) is 1. The van der Waals surface area contributed by atoms with Crippen molar-refractivity contribution in [2.45, 2.75) is 18.9 Å². The molecule has 0 aliphatic carbocycles. The monoisotopic (exact) mass is 304 g/mol. The van der Waals surface area contributed by atoms with Gasteiger partial charge in [-0.3, -0.25) is 10.1 Å². The summed E-state index contributed by atoms with van der Waals surface area (Å²) in [6.45, 7) is 0.532. The van der Waals surface area contributed by atoms with Crippen molar-refractivity contribution in [3.05, 3.63) is 45.8 Å². The molecule has 1 aliphatic heterocycles. The Bertz CT molecular complexity index is 736. The van der Waals surface area contributed by atoms with E-state index in [-0.39, 0.29) is 11.4 Å². The van der Waals surface area contributed by atoms with Crippen LogP contribution >= 0.6 is 0 Å². The lowest BCUT2D eigenvalue weighted by molar-refractivity contribution is -0.384. The summed E-state index contributed by atoms with van der Waals surface area (Å²) >= 11 is 0. The molecule has 1 saturated heterocycles. The Morgan fingerprint density at radius 2 is 2.32 bits per heavy atom. The second-order valence-electron chi connectivity index (χ2n) is 4.82. The molecule has 1 unspecified atom stereocenters. The number of non-ortho nitro benzene ring substituents is 1. The number of rotatable bonds is 4. The van der Waals surface area contributed by atoms with Crippen LogP contribution in [0.3, 0.4) is 0 Å². The zero-order valence-corrected chi connectivity index (χ0v) is 11.4. The Balaban J connectivity index is 2.12. The number of aromatic nitrogens is 3. The van der Waals surface area contributed by atoms with E-state index in [1.807, 2.05) is 0 Å². The molecule has 0 spiro atoms. The first kappa shape index (κ1) is 14.1. The fourth-order valence-corrected chi connectivity index (χ4v) is 2.45. The number of nitro groups is 1. The van der Waals surface area contributed by atoms with E-state index in [0.717, 1.165) is 6.42 Å². The number of hydrogen-bond donors (Lipinski definition) is 1. The molecule has 0 bridgehead atoms. The highest BCUT2D eigenvalue weighted by molar-refractivity contribution is 5.86. The van der Waals surface area contributed by atoms with Gasteiger partial charge in [0.25, 0.3) is 5.69 Å². The van der Waals surface area contributed by atoms with Crippen LogP contribution in [0.1, 0.15) is 35.1 Å². The summed E-state index contributed by atoms with van der Waals surface area (Å²) in [6, 6.07) is 5.78. The molecule has 9 heteroatoms. The van der Waals surface area contributed by atoms with Crippen molar-refractivity contribution in [2.24, 2.45) is 0 Å². The summed E-state index contributed by atoms with van der Waals surface area (Å²) in [5.74, 6) is -1.21. The Kier molecular flexibility index (Phi) is 3.55. The second-order valence-corrected chi connectivity index (χ2v) is 4.82. The first-order valence-corrected chi connectivity index (χ1v) is 6.63. The van der Waals surface area contributed by atoms with Crippen LogP contribution in [0.4, 0.5) is 5.69 Å². The number of benzene rings is 1. The zero-order valence-electron chi connectivity index (χ0n) is 11.4. The summed E-state index contributed by atoms with van der Waals surface area (Å²) in [7, 11) is 0. The van der Waals surface area contributed by atoms with Crippen molar-refractivity contribution in [3.63, 3.8) is 0 Å². The number of carboxylic acids is 1. The molecule has 1 N–H and O–H groups in total. The molecular weight excluding hydrogens is 292 g/mol. The van der Waals surface area contributed by atoms with Gasteiger partial charge in [0.2, 0.25) is 0 Å². The Hall–Kier alpha value is -2.81. The van der Waals surface area contributed by atoms with Crippen molar-refractivity contribution < 1.29 is 19.6 Å². The second kappa shape index (κ2) is 5.53. The summed E-state index contributed by atoms with van der Waals surface area (Å²) in [4.78, 5) is 21.7. The van der Waals surface area contributed by atoms with Crippen molar-refractivity contribution in [1.82, 2.24) is 15.0 Å². The number of nitro benzene ring substituents is 1. The molecule has 1 fully saturated rings.